The molecule has 1 aromatic rings. The molecule has 0 N–H and O–H groups in total. The molecular formula is C12H15NO2. The van der Waals surface area contributed by atoms with Crippen LogP contribution in [-0.2, 0) is 9.47 Å². The molecular weight excluding hydrogens is 190 g/mol. The highest BCUT2D eigenvalue weighted by atomic mass is 16.6. The van der Waals surface area contributed by atoms with Crippen LogP contribution < -0.4 is 4.90 Å². The average molecular weight is 205 g/mol. The number of morpholine rings is 1. The summed E-state index contributed by atoms with van der Waals surface area (Å²) in [5.74, 6) is 0. The zero-order valence-corrected chi connectivity index (χ0v) is 8.69. The highest BCUT2D eigenvalue weighted by Crippen LogP contribution is 2.36. The number of hydrogen-bond donors (Lipinski definition) is 0. The van der Waals surface area contributed by atoms with Gasteiger partial charge < -0.3 is 14.4 Å². The van der Waals surface area contributed by atoms with Gasteiger partial charge in [0, 0.05) is 24.3 Å². The van der Waals surface area contributed by atoms with Crippen LogP contribution in [0.4, 0.5) is 5.69 Å². The van der Waals surface area contributed by atoms with Crippen molar-refractivity contribution in [3.63, 3.8) is 0 Å². The minimum absolute atomic E-state index is 0.337. The second-order valence-corrected chi connectivity index (χ2v) is 3.98. The lowest BCUT2D eigenvalue weighted by Gasteiger charge is -2.30. The van der Waals surface area contributed by atoms with Gasteiger partial charge in [-0.1, -0.05) is 18.2 Å². The number of para-hydroxylation sites is 1. The predicted molar refractivity (Wildman–Crippen MR) is 58.2 cm³/mol. The molecule has 0 spiro atoms. The molecule has 0 aromatic heterocycles. The first-order valence-electron chi connectivity index (χ1n) is 5.48. The van der Waals surface area contributed by atoms with Crippen molar-refractivity contribution in [1.82, 2.24) is 0 Å². The Balaban J connectivity index is 1.88. The number of epoxide rings is 1. The number of ether oxygens (including phenoxy) is 2. The molecule has 0 bridgehead atoms. The fourth-order valence-corrected chi connectivity index (χ4v) is 2.08. The molecule has 2 aliphatic heterocycles. The Morgan fingerprint density at radius 1 is 1.13 bits per heavy atom. The van der Waals surface area contributed by atoms with Crippen molar-refractivity contribution in [3.05, 3.63) is 29.8 Å². The van der Waals surface area contributed by atoms with Gasteiger partial charge in [-0.2, -0.15) is 0 Å². The van der Waals surface area contributed by atoms with Crippen LogP contribution in [0.5, 0.6) is 0 Å². The predicted octanol–water partition coefficient (Wildman–Crippen LogP) is 1.59. The summed E-state index contributed by atoms with van der Waals surface area (Å²) in [4.78, 5) is 2.39. The number of anilines is 1. The second-order valence-electron chi connectivity index (χ2n) is 3.98. The molecule has 0 saturated carbocycles. The van der Waals surface area contributed by atoms with Crippen LogP contribution in [0, 0.1) is 0 Å². The van der Waals surface area contributed by atoms with Crippen LogP contribution in [0.2, 0.25) is 0 Å². The van der Waals surface area contributed by atoms with E-state index in [2.05, 4.69) is 29.2 Å². The molecule has 2 fully saturated rings. The Morgan fingerprint density at radius 3 is 2.60 bits per heavy atom. The zero-order valence-electron chi connectivity index (χ0n) is 8.69. The maximum Gasteiger partial charge on any atom is 0.108 e. The molecule has 0 radical (unpaired) electrons. The molecule has 2 aliphatic rings. The summed E-state index contributed by atoms with van der Waals surface area (Å²) in [6, 6.07) is 8.53. The van der Waals surface area contributed by atoms with E-state index in [1.54, 1.807) is 0 Å². The monoisotopic (exact) mass is 205 g/mol. The van der Waals surface area contributed by atoms with Crippen LogP contribution in [0.25, 0.3) is 0 Å². The molecule has 3 rings (SSSR count). The molecule has 0 aliphatic carbocycles. The highest BCUT2D eigenvalue weighted by molar-refractivity contribution is 5.55. The number of rotatable bonds is 2. The van der Waals surface area contributed by atoms with E-state index in [-0.39, 0.29) is 0 Å². The van der Waals surface area contributed by atoms with E-state index >= 15 is 0 Å². The lowest BCUT2D eigenvalue weighted by molar-refractivity contribution is 0.122. The third-order valence-electron chi connectivity index (χ3n) is 2.97. The van der Waals surface area contributed by atoms with Gasteiger partial charge in [-0.05, 0) is 6.07 Å². The molecule has 3 nitrogen and oxygen atoms in total. The lowest BCUT2D eigenvalue weighted by Crippen LogP contribution is -2.36. The fourth-order valence-electron chi connectivity index (χ4n) is 2.08. The summed E-state index contributed by atoms with van der Waals surface area (Å²) >= 11 is 0. The van der Waals surface area contributed by atoms with Crippen LogP contribution in [0.15, 0.2) is 24.3 Å². The minimum atomic E-state index is 0.337. The average Bonchev–Trinajstić information content (AvgIpc) is 3.14. The van der Waals surface area contributed by atoms with Crippen LogP contribution >= 0.6 is 0 Å². The fraction of sp³-hybridized carbons (Fsp3) is 0.500. The summed E-state index contributed by atoms with van der Waals surface area (Å²) in [5.41, 5.74) is 2.66. The van der Waals surface area contributed by atoms with Gasteiger partial charge in [0.1, 0.15) is 6.10 Å². The van der Waals surface area contributed by atoms with Crippen molar-refractivity contribution in [1.29, 1.82) is 0 Å². The summed E-state index contributed by atoms with van der Waals surface area (Å²) in [7, 11) is 0. The van der Waals surface area contributed by atoms with Crippen molar-refractivity contribution in [2.75, 3.05) is 37.8 Å². The summed E-state index contributed by atoms with van der Waals surface area (Å²) < 4.78 is 10.7. The summed E-state index contributed by atoms with van der Waals surface area (Å²) in [6.07, 6.45) is 0.337. The van der Waals surface area contributed by atoms with Gasteiger partial charge in [0.2, 0.25) is 0 Å². The van der Waals surface area contributed by atoms with Crippen molar-refractivity contribution in [2.45, 2.75) is 6.10 Å². The summed E-state index contributed by atoms with van der Waals surface area (Å²) in [5, 5.41) is 0. The van der Waals surface area contributed by atoms with Gasteiger partial charge in [0.25, 0.3) is 0 Å². The first kappa shape index (κ1) is 9.19. The molecule has 0 amide bonds. The Bertz CT molecular complexity index is 343. The van der Waals surface area contributed by atoms with Crippen molar-refractivity contribution < 1.29 is 9.47 Å². The van der Waals surface area contributed by atoms with Gasteiger partial charge in [0.15, 0.2) is 0 Å². The molecule has 15 heavy (non-hydrogen) atoms. The maximum atomic E-state index is 5.37. The van der Waals surface area contributed by atoms with E-state index in [9.17, 15) is 0 Å². The van der Waals surface area contributed by atoms with Gasteiger partial charge in [0.05, 0.1) is 19.8 Å². The SMILES string of the molecule is c1ccc(N2CCOCC2)c(C2CO2)c1. The lowest BCUT2D eigenvalue weighted by atomic mass is 10.1. The van der Waals surface area contributed by atoms with Gasteiger partial charge in [-0.15, -0.1) is 0 Å². The number of hydrogen-bond acceptors (Lipinski definition) is 3. The normalized spacial score (nSPS) is 25.3. The first-order valence-corrected chi connectivity index (χ1v) is 5.48. The molecule has 1 unspecified atom stereocenters. The van der Waals surface area contributed by atoms with E-state index in [1.165, 1.54) is 11.3 Å². The van der Waals surface area contributed by atoms with Crippen molar-refractivity contribution >= 4 is 5.69 Å². The number of nitrogens with zero attached hydrogens (tertiary/aromatic N) is 1. The van der Waals surface area contributed by atoms with Crippen molar-refractivity contribution in [3.8, 4) is 0 Å². The molecule has 80 valence electrons. The van der Waals surface area contributed by atoms with E-state index in [1.807, 2.05) is 0 Å². The quantitative estimate of drug-likeness (QED) is 0.685. The minimum Gasteiger partial charge on any atom is -0.378 e. The molecule has 2 heterocycles. The van der Waals surface area contributed by atoms with E-state index in [0.717, 1.165) is 32.9 Å². The largest absolute Gasteiger partial charge is 0.378 e. The first-order chi connectivity index (χ1) is 7.45. The van der Waals surface area contributed by atoms with Gasteiger partial charge in [-0.25, -0.2) is 0 Å². The Hall–Kier alpha value is -1.06. The van der Waals surface area contributed by atoms with Crippen molar-refractivity contribution in [2.24, 2.45) is 0 Å². The molecule has 3 heteroatoms. The Labute approximate surface area is 89.6 Å². The second kappa shape index (κ2) is 3.83. The third-order valence-corrected chi connectivity index (χ3v) is 2.97. The van der Waals surface area contributed by atoms with Gasteiger partial charge in [-0.3, -0.25) is 0 Å². The number of benzene rings is 1. The smallest absolute Gasteiger partial charge is 0.108 e. The maximum absolute atomic E-state index is 5.37. The van der Waals surface area contributed by atoms with Gasteiger partial charge >= 0.3 is 0 Å². The van der Waals surface area contributed by atoms with Crippen LogP contribution in [0.1, 0.15) is 11.7 Å². The standard InChI is InChI=1S/C12H15NO2/c1-2-4-11(10(3-1)12-9-15-12)13-5-7-14-8-6-13/h1-4,12H,5-9H2. The molecule has 1 atom stereocenters. The van der Waals surface area contributed by atoms with Crippen LogP contribution in [-0.4, -0.2) is 32.9 Å². The highest BCUT2D eigenvalue weighted by Gasteiger charge is 2.28. The Kier molecular flexibility index (Phi) is 2.35. The zero-order chi connectivity index (χ0) is 10.1. The molecule has 1 aromatic carbocycles. The molecule has 2 saturated heterocycles. The Morgan fingerprint density at radius 2 is 1.87 bits per heavy atom. The third kappa shape index (κ3) is 1.85. The summed E-state index contributed by atoms with van der Waals surface area (Å²) in [6.45, 7) is 4.52. The van der Waals surface area contributed by atoms with E-state index in [4.69, 9.17) is 9.47 Å². The van der Waals surface area contributed by atoms with E-state index in [0.29, 0.717) is 6.10 Å². The topological polar surface area (TPSA) is 25.0 Å². The van der Waals surface area contributed by atoms with Crippen LogP contribution in [0.3, 0.4) is 0 Å². The van der Waals surface area contributed by atoms with E-state index < -0.39 is 0 Å².